The summed E-state index contributed by atoms with van der Waals surface area (Å²) in [5.41, 5.74) is 5.24. The van der Waals surface area contributed by atoms with Gasteiger partial charge in [0.1, 0.15) is 11.3 Å². The highest BCUT2D eigenvalue weighted by Gasteiger charge is 2.23. The quantitative estimate of drug-likeness (QED) is 0.648. The Balaban J connectivity index is 2.87. The van der Waals surface area contributed by atoms with Crippen molar-refractivity contribution >= 4 is 5.69 Å². The first-order valence-electron chi connectivity index (χ1n) is 5.87. The molecule has 0 aromatic heterocycles. The van der Waals surface area contributed by atoms with Crippen molar-refractivity contribution in [1.82, 2.24) is 0 Å². The average Bonchev–Trinajstić information content (AvgIpc) is 2.30. The number of hydrogen-bond donors (Lipinski definition) is 1. The van der Waals surface area contributed by atoms with Gasteiger partial charge in [-0.1, -0.05) is 6.07 Å². The molecule has 19 heavy (non-hydrogen) atoms. The lowest BCUT2D eigenvalue weighted by atomic mass is 9.98. The molecule has 1 rings (SSSR count). The van der Waals surface area contributed by atoms with E-state index in [1.54, 1.807) is 32.9 Å². The molecule has 0 saturated heterocycles. The highest BCUT2D eigenvalue weighted by molar-refractivity contribution is 5.48. The molecule has 0 aliphatic rings. The van der Waals surface area contributed by atoms with Gasteiger partial charge in [0.25, 0.3) is 5.69 Å². The number of nitrogens with two attached hydrogens (primary N) is 1. The molecule has 2 atom stereocenters. The first-order valence-corrected chi connectivity index (χ1v) is 5.87. The van der Waals surface area contributed by atoms with E-state index in [2.05, 4.69) is 0 Å². The Labute approximate surface area is 111 Å². The first kappa shape index (κ1) is 14.9. The molecule has 0 aliphatic heterocycles. The predicted molar refractivity (Wildman–Crippen MR) is 70.7 cm³/mol. The number of hydrogen-bond acceptors (Lipinski definition) is 5. The predicted octanol–water partition coefficient (Wildman–Crippen LogP) is 2.30. The zero-order valence-corrected chi connectivity index (χ0v) is 11.2. The second kappa shape index (κ2) is 5.67. The molecule has 2 unspecified atom stereocenters. The number of nitriles is 1. The van der Waals surface area contributed by atoms with Crippen molar-refractivity contribution in [2.45, 2.75) is 38.8 Å². The number of rotatable bonds is 5. The van der Waals surface area contributed by atoms with Crippen molar-refractivity contribution in [3.63, 3.8) is 0 Å². The maximum absolute atomic E-state index is 10.8. The van der Waals surface area contributed by atoms with E-state index >= 15 is 0 Å². The van der Waals surface area contributed by atoms with Crippen LogP contribution in [0.4, 0.5) is 5.69 Å². The van der Waals surface area contributed by atoms with E-state index in [4.69, 9.17) is 15.7 Å². The minimum atomic E-state index is -0.978. The molecule has 1 aromatic rings. The van der Waals surface area contributed by atoms with Crippen molar-refractivity contribution in [2.24, 2.45) is 5.73 Å². The summed E-state index contributed by atoms with van der Waals surface area (Å²) in [6, 6.07) is 6.65. The Kier molecular flexibility index (Phi) is 4.46. The molecule has 1 aromatic carbocycles. The van der Waals surface area contributed by atoms with Gasteiger partial charge in [-0.15, -0.1) is 0 Å². The summed E-state index contributed by atoms with van der Waals surface area (Å²) in [6.07, 6.45) is 0.0291. The molecule has 0 bridgehead atoms. The van der Waals surface area contributed by atoms with Gasteiger partial charge < -0.3 is 10.5 Å². The van der Waals surface area contributed by atoms with E-state index in [0.717, 1.165) is 0 Å². The van der Waals surface area contributed by atoms with Crippen molar-refractivity contribution in [2.75, 3.05) is 0 Å². The molecule has 6 nitrogen and oxygen atoms in total. The minimum absolute atomic E-state index is 0.0143. The van der Waals surface area contributed by atoms with Crippen LogP contribution in [0.25, 0.3) is 0 Å². The van der Waals surface area contributed by atoms with Crippen LogP contribution in [0, 0.1) is 28.4 Å². The second-order valence-electron chi connectivity index (χ2n) is 4.82. The highest BCUT2D eigenvalue weighted by Crippen LogP contribution is 2.28. The fraction of sp³-hybridized carbons (Fsp3) is 0.462. The van der Waals surface area contributed by atoms with E-state index in [1.807, 2.05) is 6.07 Å². The lowest BCUT2D eigenvalue weighted by Gasteiger charge is -2.22. The van der Waals surface area contributed by atoms with Gasteiger partial charge in [0.05, 0.1) is 22.7 Å². The van der Waals surface area contributed by atoms with Gasteiger partial charge in [0.2, 0.25) is 0 Å². The van der Waals surface area contributed by atoms with Crippen LogP contribution in [0.5, 0.6) is 5.75 Å². The van der Waals surface area contributed by atoms with Gasteiger partial charge in [-0.25, -0.2) is 0 Å². The Morgan fingerprint density at radius 2 is 2.26 bits per heavy atom. The monoisotopic (exact) mass is 263 g/mol. The summed E-state index contributed by atoms with van der Waals surface area (Å²) in [5, 5.41) is 19.7. The maximum Gasteiger partial charge on any atom is 0.276 e. The van der Waals surface area contributed by atoms with E-state index in [9.17, 15) is 10.1 Å². The molecule has 0 heterocycles. The van der Waals surface area contributed by atoms with Crippen LogP contribution in [0.1, 0.15) is 25.8 Å². The van der Waals surface area contributed by atoms with E-state index in [-0.39, 0.29) is 11.8 Å². The molecule has 0 spiro atoms. The summed E-state index contributed by atoms with van der Waals surface area (Å²) in [4.78, 5) is 10.4. The normalized spacial score (nSPS) is 15.1. The zero-order chi connectivity index (χ0) is 14.6. The second-order valence-corrected chi connectivity index (χ2v) is 4.82. The van der Waals surface area contributed by atoms with Crippen LogP contribution < -0.4 is 10.5 Å². The fourth-order valence-corrected chi connectivity index (χ4v) is 1.83. The number of nitrogens with zero attached hydrogens (tertiary/aromatic N) is 2. The van der Waals surface area contributed by atoms with Gasteiger partial charge in [0.15, 0.2) is 0 Å². The van der Waals surface area contributed by atoms with Crippen LogP contribution in [0.3, 0.4) is 0 Å². The fourth-order valence-electron chi connectivity index (χ4n) is 1.83. The summed E-state index contributed by atoms with van der Waals surface area (Å²) >= 11 is 0. The summed E-state index contributed by atoms with van der Waals surface area (Å²) in [6.45, 7) is 5.03. The largest absolute Gasteiger partial charge is 0.490 e. The van der Waals surface area contributed by atoms with Gasteiger partial charge in [-0.05, 0) is 26.8 Å². The van der Waals surface area contributed by atoms with Crippen LogP contribution in [-0.4, -0.2) is 16.6 Å². The SMILES string of the molecule is Cc1c(OC(C)CC(C)(N)C#N)cccc1[N+](=O)[O-]. The first-order chi connectivity index (χ1) is 8.76. The van der Waals surface area contributed by atoms with Crippen LogP contribution in [0.2, 0.25) is 0 Å². The Morgan fingerprint density at radius 1 is 1.63 bits per heavy atom. The van der Waals surface area contributed by atoms with Crippen molar-refractivity contribution in [3.8, 4) is 11.8 Å². The number of benzene rings is 1. The lowest BCUT2D eigenvalue weighted by Crippen LogP contribution is -2.38. The third kappa shape index (κ3) is 3.93. The van der Waals surface area contributed by atoms with E-state index in [0.29, 0.717) is 17.7 Å². The lowest BCUT2D eigenvalue weighted by molar-refractivity contribution is -0.385. The average molecular weight is 263 g/mol. The molecule has 102 valence electrons. The van der Waals surface area contributed by atoms with Crippen molar-refractivity contribution in [1.29, 1.82) is 5.26 Å². The molecular formula is C13H17N3O3. The van der Waals surface area contributed by atoms with E-state index in [1.165, 1.54) is 6.07 Å². The van der Waals surface area contributed by atoms with E-state index < -0.39 is 10.5 Å². The number of ether oxygens (including phenoxy) is 1. The summed E-state index contributed by atoms with van der Waals surface area (Å²) < 4.78 is 5.64. The Hall–Kier alpha value is -2.13. The highest BCUT2D eigenvalue weighted by atomic mass is 16.6. The molecule has 0 amide bonds. The van der Waals surface area contributed by atoms with Gasteiger partial charge >= 0.3 is 0 Å². The van der Waals surface area contributed by atoms with Gasteiger partial charge in [0, 0.05) is 12.5 Å². The molecule has 0 fully saturated rings. The molecule has 0 aliphatic carbocycles. The smallest absolute Gasteiger partial charge is 0.276 e. The van der Waals surface area contributed by atoms with Gasteiger partial charge in [-0.2, -0.15) is 5.26 Å². The van der Waals surface area contributed by atoms with Crippen LogP contribution in [-0.2, 0) is 0 Å². The molecular weight excluding hydrogens is 246 g/mol. The maximum atomic E-state index is 10.8. The third-order valence-corrected chi connectivity index (χ3v) is 2.75. The number of nitro benzene ring substituents is 1. The van der Waals surface area contributed by atoms with Crippen molar-refractivity contribution < 1.29 is 9.66 Å². The van der Waals surface area contributed by atoms with Crippen molar-refractivity contribution in [3.05, 3.63) is 33.9 Å². The Morgan fingerprint density at radius 3 is 2.79 bits per heavy atom. The standard InChI is InChI=1S/C13H17N3O3/c1-9(7-13(3,15)8-14)19-12-6-4-5-11(10(12)2)16(17)18/h4-6,9H,7,15H2,1-3H3. The molecule has 0 saturated carbocycles. The Bertz CT molecular complexity index is 520. The molecule has 0 radical (unpaired) electrons. The number of nitro groups is 1. The zero-order valence-electron chi connectivity index (χ0n) is 11.2. The summed E-state index contributed by atoms with van der Waals surface area (Å²) in [7, 11) is 0. The molecule has 6 heteroatoms. The summed E-state index contributed by atoms with van der Waals surface area (Å²) in [5.74, 6) is 0.440. The van der Waals surface area contributed by atoms with Crippen LogP contribution in [0.15, 0.2) is 18.2 Å². The topological polar surface area (TPSA) is 102 Å². The molecule has 2 N–H and O–H groups in total. The van der Waals surface area contributed by atoms with Crippen LogP contribution >= 0.6 is 0 Å². The van der Waals surface area contributed by atoms with Gasteiger partial charge in [-0.3, -0.25) is 10.1 Å². The third-order valence-electron chi connectivity index (χ3n) is 2.75. The minimum Gasteiger partial charge on any atom is -0.490 e.